The summed E-state index contributed by atoms with van der Waals surface area (Å²) in [5.41, 5.74) is 0. The number of likely N-dealkylation sites (N-methyl/N-ethyl adjacent to an activating group) is 1. The normalized spacial score (nSPS) is 19.4. The van der Waals surface area contributed by atoms with Gasteiger partial charge in [0.2, 0.25) is 5.91 Å². The SMILES string of the molecule is CCN(CC1CCCN1)C(=O)CCOCC(F)F. The Morgan fingerprint density at radius 2 is 2.33 bits per heavy atom. The number of amides is 1. The van der Waals surface area contributed by atoms with Crippen molar-refractivity contribution in [3.63, 3.8) is 0 Å². The molecule has 1 aliphatic rings. The molecule has 0 aromatic heterocycles. The number of rotatable bonds is 8. The van der Waals surface area contributed by atoms with Gasteiger partial charge in [-0.15, -0.1) is 0 Å². The van der Waals surface area contributed by atoms with Crippen LogP contribution in [0.3, 0.4) is 0 Å². The molecule has 4 nitrogen and oxygen atoms in total. The van der Waals surface area contributed by atoms with Crippen molar-refractivity contribution >= 4 is 5.91 Å². The van der Waals surface area contributed by atoms with Crippen LogP contribution in [-0.2, 0) is 9.53 Å². The maximum absolute atomic E-state index is 11.8. The van der Waals surface area contributed by atoms with Crippen molar-refractivity contribution in [2.75, 3.05) is 32.8 Å². The van der Waals surface area contributed by atoms with Crippen LogP contribution >= 0.6 is 0 Å². The molecule has 1 rings (SSSR count). The number of hydrogen-bond donors (Lipinski definition) is 1. The Balaban J connectivity index is 2.19. The predicted molar refractivity (Wildman–Crippen MR) is 64.7 cm³/mol. The van der Waals surface area contributed by atoms with E-state index in [1.165, 1.54) is 0 Å². The summed E-state index contributed by atoms with van der Waals surface area (Å²) in [5.74, 6) is -0.0273. The number of carbonyl (C=O) groups excluding carboxylic acids is 1. The Morgan fingerprint density at radius 1 is 1.56 bits per heavy atom. The monoisotopic (exact) mass is 264 g/mol. The van der Waals surface area contributed by atoms with Gasteiger partial charge in [0, 0.05) is 19.1 Å². The van der Waals surface area contributed by atoms with Crippen molar-refractivity contribution in [3.05, 3.63) is 0 Å². The van der Waals surface area contributed by atoms with E-state index in [1.807, 2.05) is 6.92 Å². The summed E-state index contributed by atoms with van der Waals surface area (Å²) in [7, 11) is 0. The molecule has 0 aromatic rings. The second kappa shape index (κ2) is 8.37. The van der Waals surface area contributed by atoms with Crippen LogP contribution in [0, 0.1) is 0 Å². The van der Waals surface area contributed by atoms with E-state index in [0.717, 1.165) is 19.4 Å². The van der Waals surface area contributed by atoms with Crippen LogP contribution in [0.15, 0.2) is 0 Å². The molecule has 1 fully saturated rings. The lowest BCUT2D eigenvalue weighted by Gasteiger charge is -2.24. The minimum atomic E-state index is -2.47. The van der Waals surface area contributed by atoms with E-state index in [0.29, 0.717) is 19.1 Å². The van der Waals surface area contributed by atoms with Crippen molar-refractivity contribution in [1.29, 1.82) is 0 Å². The zero-order valence-corrected chi connectivity index (χ0v) is 10.8. The molecule has 1 N–H and O–H groups in total. The van der Waals surface area contributed by atoms with E-state index < -0.39 is 13.0 Å². The fourth-order valence-corrected chi connectivity index (χ4v) is 2.08. The number of nitrogens with zero attached hydrogens (tertiary/aromatic N) is 1. The molecular weight excluding hydrogens is 242 g/mol. The second-order valence-corrected chi connectivity index (χ2v) is 4.44. The summed E-state index contributed by atoms with van der Waals surface area (Å²) < 4.78 is 28.4. The minimum absolute atomic E-state index is 0.0273. The van der Waals surface area contributed by atoms with Gasteiger partial charge in [0.25, 0.3) is 6.43 Å². The van der Waals surface area contributed by atoms with Gasteiger partial charge in [0.1, 0.15) is 6.61 Å². The second-order valence-electron chi connectivity index (χ2n) is 4.44. The Labute approximate surface area is 107 Å². The zero-order valence-electron chi connectivity index (χ0n) is 10.8. The lowest BCUT2D eigenvalue weighted by atomic mass is 10.2. The number of alkyl halides is 2. The Bertz CT molecular complexity index is 246. The first kappa shape index (κ1) is 15.3. The fourth-order valence-electron chi connectivity index (χ4n) is 2.08. The Morgan fingerprint density at radius 3 is 2.89 bits per heavy atom. The molecule has 0 radical (unpaired) electrons. The van der Waals surface area contributed by atoms with E-state index in [9.17, 15) is 13.6 Å². The third kappa shape index (κ3) is 5.73. The van der Waals surface area contributed by atoms with Crippen LogP contribution in [0.25, 0.3) is 0 Å². The quantitative estimate of drug-likeness (QED) is 0.671. The highest BCUT2D eigenvalue weighted by Gasteiger charge is 2.20. The molecule has 1 unspecified atom stereocenters. The zero-order chi connectivity index (χ0) is 13.4. The van der Waals surface area contributed by atoms with Gasteiger partial charge >= 0.3 is 0 Å². The van der Waals surface area contributed by atoms with Crippen LogP contribution in [0.2, 0.25) is 0 Å². The third-order valence-corrected chi connectivity index (χ3v) is 3.04. The number of ether oxygens (including phenoxy) is 1. The Kier molecular flexibility index (Phi) is 7.12. The van der Waals surface area contributed by atoms with Gasteiger partial charge in [-0.2, -0.15) is 0 Å². The van der Waals surface area contributed by atoms with Crippen molar-refractivity contribution in [3.8, 4) is 0 Å². The summed E-state index contributed by atoms with van der Waals surface area (Å²) in [6.45, 7) is 3.75. The van der Waals surface area contributed by atoms with E-state index in [-0.39, 0.29) is 18.9 Å². The first-order chi connectivity index (χ1) is 8.63. The van der Waals surface area contributed by atoms with Crippen molar-refractivity contribution in [2.24, 2.45) is 0 Å². The fraction of sp³-hybridized carbons (Fsp3) is 0.917. The van der Waals surface area contributed by atoms with Crippen LogP contribution in [0.5, 0.6) is 0 Å². The largest absolute Gasteiger partial charge is 0.375 e. The average molecular weight is 264 g/mol. The molecule has 1 atom stereocenters. The van der Waals surface area contributed by atoms with Gasteiger partial charge in [-0.05, 0) is 26.3 Å². The topological polar surface area (TPSA) is 41.6 Å². The number of hydrogen-bond acceptors (Lipinski definition) is 3. The van der Waals surface area contributed by atoms with Gasteiger partial charge in [0.05, 0.1) is 13.0 Å². The summed E-state index contributed by atoms with van der Waals surface area (Å²) in [4.78, 5) is 13.6. The van der Waals surface area contributed by atoms with Crippen molar-refractivity contribution in [2.45, 2.75) is 38.7 Å². The molecule has 6 heteroatoms. The molecule has 0 saturated carbocycles. The summed E-state index contributed by atoms with van der Waals surface area (Å²) >= 11 is 0. The molecule has 0 spiro atoms. The highest BCUT2D eigenvalue weighted by molar-refractivity contribution is 5.76. The molecule has 1 amide bonds. The van der Waals surface area contributed by atoms with Crippen molar-refractivity contribution in [1.82, 2.24) is 10.2 Å². The first-order valence-corrected chi connectivity index (χ1v) is 6.50. The maximum atomic E-state index is 11.8. The van der Waals surface area contributed by atoms with Crippen LogP contribution in [0.1, 0.15) is 26.2 Å². The van der Waals surface area contributed by atoms with Crippen LogP contribution in [0.4, 0.5) is 8.78 Å². The molecule has 1 saturated heterocycles. The van der Waals surface area contributed by atoms with Gasteiger partial charge in [-0.25, -0.2) is 8.78 Å². The summed E-state index contributed by atoms with van der Waals surface area (Å²) in [6.07, 6.45) is -0.0580. The van der Waals surface area contributed by atoms with Gasteiger partial charge in [-0.3, -0.25) is 4.79 Å². The lowest BCUT2D eigenvalue weighted by Crippen LogP contribution is -2.41. The van der Waals surface area contributed by atoms with Gasteiger partial charge in [0.15, 0.2) is 0 Å². The van der Waals surface area contributed by atoms with Crippen LogP contribution in [-0.4, -0.2) is 56.1 Å². The molecule has 0 aromatic carbocycles. The first-order valence-electron chi connectivity index (χ1n) is 6.50. The third-order valence-electron chi connectivity index (χ3n) is 3.04. The lowest BCUT2D eigenvalue weighted by molar-refractivity contribution is -0.132. The van der Waals surface area contributed by atoms with Gasteiger partial charge < -0.3 is 15.0 Å². The standard InChI is InChI=1S/C12H22F2N2O2/c1-2-16(8-10-4-3-6-15-10)12(17)5-7-18-9-11(13)14/h10-11,15H,2-9H2,1H3. The highest BCUT2D eigenvalue weighted by Crippen LogP contribution is 2.08. The van der Waals surface area contributed by atoms with Crippen LogP contribution < -0.4 is 5.32 Å². The Hall–Kier alpha value is -0.750. The van der Waals surface area contributed by atoms with E-state index in [1.54, 1.807) is 4.90 Å². The molecule has 0 aliphatic carbocycles. The molecular formula is C12H22F2N2O2. The molecule has 18 heavy (non-hydrogen) atoms. The van der Waals surface area contributed by atoms with Crippen molar-refractivity contribution < 1.29 is 18.3 Å². The molecule has 1 heterocycles. The van der Waals surface area contributed by atoms with E-state index in [4.69, 9.17) is 4.74 Å². The number of nitrogens with one attached hydrogen (secondary N) is 1. The predicted octanol–water partition coefficient (Wildman–Crippen LogP) is 1.26. The number of carbonyl (C=O) groups is 1. The summed E-state index contributed by atoms with van der Waals surface area (Å²) in [6, 6.07) is 0.371. The molecule has 1 aliphatic heterocycles. The van der Waals surface area contributed by atoms with Gasteiger partial charge in [-0.1, -0.05) is 0 Å². The molecule has 106 valence electrons. The summed E-state index contributed by atoms with van der Waals surface area (Å²) in [5, 5.41) is 3.33. The minimum Gasteiger partial charge on any atom is -0.375 e. The highest BCUT2D eigenvalue weighted by atomic mass is 19.3. The molecule has 0 bridgehead atoms. The van der Waals surface area contributed by atoms with E-state index >= 15 is 0 Å². The van der Waals surface area contributed by atoms with E-state index in [2.05, 4.69) is 5.32 Å². The average Bonchev–Trinajstić information content (AvgIpc) is 2.84. The maximum Gasteiger partial charge on any atom is 0.261 e. The number of halogens is 2. The smallest absolute Gasteiger partial charge is 0.261 e.